The van der Waals surface area contributed by atoms with Crippen LogP contribution in [-0.4, -0.2) is 58.0 Å². The maximum Gasteiger partial charge on any atom is 0.307 e. The van der Waals surface area contributed by atoms with Crippen LogP contribution in [-0.2, 0) is 9.59 Å². The van der Waals surface area contributed by atoms with Gasteiger partial charge in [-0.1, -0.05) is 0 Å². The third-order valence-corrected chi connectivity index (χ3v) is 3.84. The summed E-state index contributed by atoms with van der Waals surface area (Å²) in [5, 5.41) is 9.02. The number of carbonyl (C=O) groups excluding carboxylic acids is 1. The molecule has 0 spiro atoms. The van der Waals surface area contributed by atoms with E-state index in [1.807, 2.05) is 44.4 Å². The number of carbonyl (C=O) groups is 2. The van der Waals surface area contributed by atoms with Gasteiger partial charge in [-0.05, 0) is 47.6 Å². The molecule has 0 aromatic heterocycles. The first kappa shape index (κ1) is 19.2. The minimum Gasteiger partial charge on any atom is -0.481 e. The molecule has 2 unspecified atom stereocenters. The van der Waals surface area contributed by atoms with Gasteiger partial charge in [-0.25, -0.2) is 0 Å². The Kier molecular flexibility index (Phi) is 7.52. The molecule has 0 radical (unpaired) electrons. The number of nitrogens with zero attached hydrogens (tertiary/aromatic N) is 2. The number of hydrogen-bond acceptors (Lipinski definition) is 3. The predicted octanol–water partition coefficient (Wildman–Crippen LogP) is 1.85. The van der Waals surface area contributed by atoms with Crippen LogP contribution >= 0.6 is 12.4 Å². The molecule has 1 saturated heterocycles. The third kappa shape index (κ3) is 4.35. The fourth-order valence-electron chi connectivity index (χ4n) is 2.82. The van der Waals surface area contributed by atoms with Gasteiger partial charge in [0.2, 0.25) is 5.91 Å². The molecule has 0 aliphatic carbocycles. The Balaban J connectivity index is 0.00000361. The van der Waals surface area contributed by atoms with E-state index in [2.05, 4.69) is 0 Å². The average Bonchev–Trinajstić information content (AvgIpc) is 2.75. The monoisotopic (exact) mass is 306 g/mol. The molecule has 1 N–H and O–H groups in total. The molecule has 2 atom stereocenters. The van der Waals surface area contributed by atoms with Gasteiger partial charge in [0.05, 0.1) is 12.0 Å². The SMILES string of the molecule is CC(C(=O)N(C(C)C)C(C)C)N1CCC(C(=O)O)C1.Cl. The van der Waals surface area contributed by atoms with Gasteiger partial charge in [0.15, 0.2) is 0 Å². The van der Waals surface area contributed by atoms with Gasteiger partial charge < -0.3 is 10.0 Å². The highest BCUT2D eigenvalue weighted by Gasteiger charge is 2.35. The molecule has 118 valence electrons. The molecule has 6 heteroatoms. The topological polar surface area (TPSA) is 60.9 Å². The van der Waals surface area contributed by atoms with Crippen molar-refractivity contribution in [3.05, 3.63) is 0 Å². The fourth-order valence-corrected chi connectivity index (χ4v) is 2.82. The lowest BCUT2D eigenvalue weighted by molar-refractivity contribution is -0.143. The number of halogens is 1. The van der Waals surface area contributed by atoms with E-state index in [-0.39, 0.29) is 42.4 Å². The van der Waals surface area contributed by atoms with E-state index in [1.165, 1.54) is 0 Å². The highest BCUT2D eigenvalue weighted by molar-refractivity contribution is 5.85. The minimum absolute atomic E-state index is 0. The molecule has 1 fully saturated rings. The molecule has 0 aromatic carbocycles. The number of hydrogen-bond donors (Lipinski definition) is 1. The highest BCUT2D eigenvalue weighted by atomic mass is 35.5. The van der Waals surface area contributed by atoms with Gasteiger partial charge in [0.25, 0.3) is 0 Å². The van der Waals surface area contributed by atoms with Crippen molar-refractivity contribution in [2.24, 2.45) is 5.92 Å². The smallest absolute Gasteiger partial charge is 0.307 e. The molecule has 1 aliphatic heterocycles. The summed E-state index contributed by atoms with van der Waals surface area (Å²) in [6.07, 6.45) is 0.635. The van der Waals surface area contributed by atoms with Gasteiger partial charge in [-0.3, -0.25) is 14.5 Å². The van der Waals surface area contributed by atoms with Gasteiger partial charge >= 0.3 is 5.97 Å². The van der Waals surface area contributed by atoms with Crippen LogP contribution in [0.2, 0.25) is 0 Å². The number of rotatable bonds is 5. The van der Waals surface area contributed by atoms with E-state index < -0.39 is 5.97 Å². The first-order valence-electron chi connectivity index (χ1n) is 7.04. The Labute approximate surface area is 127 Å². The van der Waals surface area contributed by atoms with Crippen molar-refractivity contribution in [2.45, 2.75) is 59.2 Å². The number of carboxylic acid groups (broad SMARTS) is 1. The summed E-state index contributed by atoms with van der Waals surface area (Å²) in [6.45, 7) is 11.1. The van der Waals surface area contributed by atoms with Gasteiger partial charge in [-0.2, -0.15) is 0 Å². The third-order valence-electron chi connectivity index (χ3n) is 3.84. The van der Waals surface area contributed by atoms with Crippen LogP contribution in [0.25, 0.3) is 0 Å². The zero-order valence-electron chi connectivity index (χ0n) is 13.0. The molecular formula is C14H27ClN2O3. The molecule has 1 amide bonds. The fraction of sp³-hybridized carbons (Fsp3) is 0.857. The summed E-state index contributed by atoms with van der Waals surface area (Å²) < 4.78 is 0. The predicted molar refractivity (Wildman–Crippen MR) is 81.1 cm³/mol. The van der Waals surface area contributed by atoms with E-state index >= 15 is 0 Å². The second-order valence-electron chi connectivity index (χ2n) is 5.93. The first-order valence-corrected chi connectivity index (χ1v) is 7.04. The standard InChI is InChI=1S/C14H26N2O3.ClH/c1-9(2)16(10(3)4)13(17)11(5)15-7-6-12(8-15)14(18)19;/h9-12H,6-8H2,1-5H3,(H,18,19);1H. The molecule has 0 bridgehead atoms. The van der Waals surface area contributed by atoms with E-state index in [1.54, 1.807) is 0 Å². The maximum atomic E-state index is 12.5. The van der Waals surface area contributed by atoms with E-state index in [0.717, 1.165) is 0 Å². The van der Waals surface area contributed by atoms with E-state index in [4.69, 9.17) is 5.11 Å². The molecule has 1 aliphatic rings. The summed E-state index contributed by atoms with van der Waals surface area (Å²) in [4.78, 5) is 27.4. The van der Waals surface area contributed by atoms with Crippen molar-refractivity contribution >= 4 is 24.3 Å². The number of amides is 1. The second kappa shape index (κ2) is 7.84. The molecule has 1 rings (SSSR count). The molecule has 1 heterocycles. The lowest BCUT2D eigenvalue weighted by atomic mass is 10.1. The zero-order valence-corrected chi connectivity index (χ0v) is 13.8. The van der Waals surface area contributed by atoms with Gasteiger partial charge in [-0.15, -0.1) is 12.4 Å². The van der Waals surface area contributed by atoms with Crippen LogP contribution < -0.4 is 0 Å². The summed E-state index contributed by atoms with van der Waals surface area (Å²) in [5.74, 6) is -0.996. The Morgan fingerprint density at radius 1 is 1.15 bits per heavy atom. The van der Waals surface area contributed by atoms with E-state index in [9.17, 15) is 9.59 Å². The van der Waals surface area contributed by atoms with Crippen LogP contribution in [0.15, 0.2) is 0 Å². The van der Waals surface area contributed by atoms with E-state index in [0.29, 0.717) is 19.5 Å². The van der Waals surface area contributed by atoms with Crippen LogP contribution in [0.5, 0.6) is 0 Å². The largest absolute Gasteiger partial charge is 0.481 e. The first-order chi connectivity index (χ1) is 8.75. The Morgan fingerprint density at radius 2 is 1.65 bits per heavy atom. The lowest BCUT2D eigenvalue weighted by Crippen LogP contribution is -2.51. The van der Waals surface area contributed by atoms with Crippen molar-refractivity contribution in [1.82, 2.24) is 9.80 Å². The van der Waals surface area contributed by atoms with Gasteiger partial charge in [0.1, 0.15) is 0 Å². The summed E-state index contributed by atoms with van der Waals surface area (Å²) >= 11 is 0. The Morgan fingerprint density at radius 3 is 2.00 bits per heavy atom. The van der Waals surface area contributed by atoms with Crippen LogP contribution in [0, 0.1) is 5.92 Å². The molecule has 0 saturated carbocycles. The van der Waals surface area contributed by atoms with Crippen LogP contribution in [0.4, 0.5) is 0 Å². The molecule has 5 nitrogen and oxygen atoms in total. The van der Waals surface area contributed by atoms with Crippen molar-refractivity contribution in [2.75, 3.05) is 13.1 Å². The van der Waals surface area contributed by atoms with Crippen molar-refractivity contribution in [3.8, 4) is 0 Å². The lowest BCUT2D eigenvalue weighted by Gasteiger charge is -2.35. The maximum absolute atomic E-state index is 12.5. The summed E-state index contributed by atoms with van der Waals surface area (Å²) in [7, 11) is 0. The summed E-state index contributed by atoms with van der Waals surface area (Å²) in [5.41, 5.74) is 0. The van der Waals surface area contributed by atoms with Crippen molar-refractivity contribution in [3.63, 3.8) is 0 Å². The van der Waals surface area contributed by atoms with Crippen molar-refractivity contribution < 1.29 is 14.7 Å². The molecule has 0 aromatic rings. The zero-order chi connectivity index (χ0) is 14.7. The number of carboxylic acids is 1. The minimum atomic E-state index is -0.758. The highest BCUT2D eigenvalue weighted by Crippen LogP contribution is 2.21. The molecule has 20 heavy (non-hydrogen) atoms. The summed E-state index contributed by atoms with van der Waals surface area (Å²) in [6, 6.07) is 0.0785. The average molecular weight is 307 g/mol. The van der Waals surface area contributed by atoms with Crippen molar-refractivity contribution in [1.29, 1.82) is 0 Å². The second-order valence-corrected chi connectivity index (χ2v) is 5.93. The Bertz CT molecular complexity index is 339. The quantitative estimate of drug-likeness (QED) is 0.842. The van der Waals surface area contributed by atoms with Gasteiger partial charge in [0, 0.05) is 18.6 Å². The van der Waals surface area contributed by atoms with Crippen LogP contribution in [0.3, 0.4) is 0 Å². The van der Waals surface area contributed by atoms with Crippen LogP contribution in [0.1, 0.15) is 41.0 Å². The molecular weight excluding hydrogens is 280 g/mol. The number of aliphatic carboxylic acids is 1. The Hall–Kier alpha value is -0.810. The number of likely N-dealkylation sites (tertiary alicyclic amines) is 1. The normalized spacial score (nSPS) is 20.9.